The van der Waals surface area contributed by atoms with Crippen LogP contribution in [0.15, 0.2) is 376 Å². The number of aromatic nitrogens is 10. The Hall–Kier alpha value is -14.5. The lowest BCUT2D eigenvalue weighted by Crippen LogP contribution is -2.10. The quantitative estimate of drug-likeness (QED) is 0.128. The van der Waals surface area contributed by atoms with Crippen molar-refractivity contribution in [3.05, 3.63) is 376 Å². The highest BCUT2D eigenvalue weighted by molar-refractivity contribution is 6.13. The summed E-state index contributed by atoms with van der Waals surface area (Å²) < 4.78 is 8.87. The Morgan fingerprint density at radius 1 is 0.142 bits per heavy atom. The van der Waals surface area contributed by atoms with Gasteiger partial charge in [-0.15, -0.1) is 0 Å². The number of nitrogens with zero attached hydrogens (tertiary/aromatic N) is 10. The van der Waals surface area contributed by atoms with Crippen LogP contribution in [0.2, 0.25) is 0 Å². The van der Waals surface area contributed by atoms with Crippen molar-refractivity contribution in [1.82, 2.24) is 48.2 Å². The number of benzene rings is 15. The average molecular weight is 1360 g/mol. The van der Waals surface area contributed by atoms with Crippen molar-refractivity contribution < 1.29 is 0 Å². The van der Waals surface area contributed by atoms with Gasteiger partial charge in [0.25, 0.3) is 0 Å². The van der Waals surface area contributed by atoms with Gasteiger partial charge in [-0.05, 0) is 129 Å². The zero-order chi connectivity index (χ0) is 70.0. The first kappa shape index (κ1) is 61.4. The minimum atomic E-state index is 0.567. The summed E-state index contributed by atoms with van der Waals surface area (Å²) in [7, 11) is 0. The Morgan fingerprint density at radius 2 is 0.387 bits per heavy atom. The van der Waals surface area contributed by atoms with E-state index < -0.39 is 0 Å². The second kappa shape index (κ2) is 25.8. The van der Waals surface area contributed by atoms with Gasteiger partial charge in [0, 0.05) is 65.5 Å². The maximum absolute atomic E-state index is 5.29. The molecule has 0 N–H and O–H groups in total. The zero-order valence-corrected chi connectivity index (χ0v) is 57.3. The van der Waals surface area contributed by atoms with Crippen LogP contribution in [-0.2, 0) is 0 Å². The molecule has 0 saturated heterocycles. The van der Waals surface area contributed by atoms with Gasteiger partial charge in [-0.2, -0.15) is 24.9 Å². The van der Waals surface area contributed by atoms with Crippen LogP contribution in [0.4, 0.5) is 0 Å². The van der Waals surface area contributed by atoms with E-state index >= 15 is 0 Å². The topological polar surface area (TPSA) is 97.1 Å². The van der Waals surface area contributed by atoms with E-state index in [-0.39, 0.29) is 0 Å². The summed E-state index contributed by atoms with van der Waals surface area (Å²) in [4.78, 5) is 31.3. The van der Waals surface area contributed by atoms with Gasteiger partial charge in [-0.25, -0.2) is 4.98 Å². The average Bonchev–Trinajstić information content (AvgIpc) is 1.58. The Morgan fingerprint density at radius 3 is 0.821 bits per heavy atom. The van der Waals surface area contributed by atoms with Crippen LogP contribution >= 0.6 is 0 Å². The fourth-order valence-corrected chi connectivity index (χ4v) is 15.4. The molecule has 10 heteroatoms. The van der Waals surface area contributed by atoms with Crippen molar-refractivity contribution in [1.29, 1.82) is 0 Å². The second-order valence-electron chi connectivity index (χ2n) is 26.6. The molecule has 106 heavy (non-hydrogen) atoms. The van der Waals surface area contributed by atoms with Crippen molar-refractivity contribution >= 4 is 87.2 Å². The van der Waals surface area contributed by atoms with Gasteiger partial charge in [-0.1, -0.05) is 291 Å². The molecule has 6 aromatic heterocycles. The zero-order valence-electron chi connectivity index (χ0n) is 57.3. The van der Waals surface area contributed by atoms with E-state index in [9.17, 15) is 0 Å². The minimum Gasteiger partial charge on any atom is -0.309 e. The molecule has 21 rings (SSSR count). The molecular weight excluding hydrogens is 1290 g/mol. The van der Waals surface area contributed by atoms with Gasteiger partial charge in [0.05, 0.1) is 44.1 Å². The predicted molar refractivity (Wildman–Crippen MR) is 435 cm³/mol. The molecule has 0 bridgehead atoms. The number of hydrogen-bond donors (Lipinski definition) is 0. The third kappa shape index (κ3) is 10.7. The molecule has 0 spiro atoms. The van der Waals surface area contributed by atoms with Crippen molar-refractivity contribution in [2.45, 2.75) is 0 Å². The lowest BCUT2D eigenvalue weighted by atomic mass is 10.0. The van der Waals surface area contributed by atoms with Crippen LogP contribution in [0.3, 0.4) is 0 Å². The lowest BCUT2D eigenvalue weighted by Gasteiger charge is -2.13. The van der Waals surface area contributed by atoms with Gasteiger partial charge in [0.1, 0.15) is 0 Å². The Labute approximate surface area is 610 Å². The summed E-state index contributed by atoms with van der Waals surface area (Å²) >= 11 is 0. The molecule has 0 unspecified atom stereocenters. The molecule has 0 aliphatic rings. The van der Waals surface area contributed by atoms with Crippen molar-refractivity contribution in [3.63, 3.8) is 0 Å². The van der Waals surface area contributed by atoms with Gasteiger partial charge in [0.2, 0.25) is 17.8 Å². The summed E-state index contributed by atoms with van der Waals surface area (Å²) in [5.41, 5.74) is 21.8. The maximum atomic E-state index is 5.29. The fraction of sp³-hybridized carbons (Fsp3) is 0. The van der Waals surface area contributed by atoms with Crippen LogP contribution < -0.4 is 0 Å². The molecule has 0 amide bonds. The van der Waals surface area contributed by atoms with Crippen LogP contribution in [0.5, 0.6) is 0 Å². The SMILES string of the molecule is c1ccc(-c2ccc(-c3nc(-n4c5ccccc5c5ccccc54)nc(-n4c5ccccc5c5cc(-c6ccccc6)ccc54)n3)cc2)cc1.c1ccc(-c2ccc3c(c2)c2ccccc2n3-c2nc(-c3ccccc3)nc(-c3cccc(-c4ccc5c(c4)c4ccccc4n5-c4ccccc4)c3)n2)cc1. The normalized spacial score (nSPS) is 11.6. The van der Waals surface area contributed by atoms with E-state index in [1.807, 2.05) is 24.3 Å². The summed E-state index contributed by atoms with van der Waals surface area (Å²) in [6.45, 7) is 0. The van der Waals surface area contributed by atoms with Crippen molar-refractivity contribution in [3.8, 4) is 102 Å². The van der Waals surface area contributed by atoms with Gasteiger partial charge in [0.15, 0.2) is 17.5 Å². The van der Waals surface area contributed by atoms with Crippen molar-refractivity contribution in [2.75, 3.05) is 0 Å². The number of para-hydroxylation sites is 6. The van der Waals surface area contributed by atoms with Gasteiger partial charge < -0.3 is 4.57 Å². The fourth-order valence-electron chi connectivity index (χ4n) is 15.4. The number of hydrogen-bond acceptors (Lipinski definition) is 6. The lowest BCUT2D eigenvalue weighted by molar-refractivity contribution is 0.893. The molecule has 0 radical (unpaired) electrons. The van der Waals surface area contributed by atoms with E-state index in [2.05, 4.69) is 370 Å². The Balaban J connectivity index is 0.000000141. The third-order valence-corrected chi connectivity index (χ3v) is 20.4. The third-order valence-electron chi connectivity index (χ3n) is 20.4. The summed E-state index contributed by atoms with van der Waals surface area (Å²) in [6, 6.07) is 132. The number of rotatable bonds is 11. The number of fused-ring (bicyclic) bond motifs is 12. The van der Waals surface area contributed by atoms with Crippen LogP contribution in [0.25, 0.3) is 189 Å². The molecule has 15 aromatic carbocycles. The van der Waals surface area contributed by atoms with Crippen LogP contribution in [-0.4, -0.2) is 48.2 Å². The molecule has 0 atom stereocenters. The van der Waals surface area contributed by atoms with E-state index in [1.54, 1.807) is 0 Å². The molecule has 6 heterocycles. The van der Waals surface area contributed by atoms with E-state index in [1.165, 1.54) is 49.6 Å². The first-order chi connectivity index (χ1) is 52.6. The molecule has 10 nitrogen and oxygen atoms in total. The summed E-state index contributed by atoms with van der Waals surface area (Å²) in [6.07, 6.45) is 0. The molecular formula is C96H62N10. The first-order valence-corrected chi connectivity index (χ1v) is 35.7. The summed E-state index contributed by atoms with van der Waals surface area (Å²) in [5.74, 6) is 3.56. The Bertz CT molecular complexity index is 6870. The van der Waals surface area contributed by atoms with E-state index in [0.29, 0.717) is 35.3 Å². The van der Waals surface area contributed by atoms with Crippen LogP contribution in [0.1, 0.15) is 0 Å². The smallest absolute Gasteiger partial charge is 0.240 e. The highest BCUT2D eigenvalue weighted by Crippen LogP contribution is 2.41. The predicted octanol–water partition coefficient (Wildman–Crippen LogP) is 23.8. The highest BCUT2D eigenvalue weighted by Gasteiger charge is 2.24. The standard InChI is InChI=1S/C51H33N5.C45H29N5/c1-4-15-34(16-5-1)37-27-30-48-44(32-37)42-24-11-13-26-46(42)56(48)51-53-49(35-17-6-2-7-18-35)52-50(54-51)39-20-14-19-36(31-39)38-28-29-47-43(33-38)41-23-10-12-25-45(41)55(47)40-21-8-3-9-22-40;1-3-13-30(14-4-1)32-23-25-33(26-24-32)43-46-44(49-39-20-10-7-17-35(39)36-18-8-11-21-40(36)49)48-45(47-43)50-41-22-12-9-19-37(41)38-29-34(27-28-42(38)50)31-15-5-2-6-16-31/h1-33H;1-29H. The maximum Gasteiger partial charge on any atom is 0.240 e. The van der Waals surface area contributed by atoms with Crippen LogP contribution in [0, 0.1) is 0 Å². The molecule has 0 fully saturated rings. The molecule has 0 saturated carbocycles. The highest BCUT2D eigenvalue weighted by atomic mass is 15.3. The monoisotopic (exact) mass is 1350 g/mol. The van der Waals surface area contributed by atoms with Gasteiger partial charge >= 0.3 is 0 Å². The summed E-state index contributed by atoms with van der Waals surface area (Å²) in [5, 5.41) is 9.34. The Kier molecular flexibility index (Phi) is 15.0. The van der Waals surface area contributed by atoms with E-state index in [0.717, 1.165) is 104 Å². The van der Waals surface area contributed by atoms with Crippen molar-refractivity contribution in [2.24, 2.45) is 0 Å². The van der Waals surface area contributed by atoms with Gasteiger partial charge in [-0.3, -0.25) is 13.7 Å². The minimum absolute atomic E-state index is 0.567. The van der Waals surface area contributed by atoms with E-state index in [4.69, 9.17) is 29.9 Å². The largest absolute Gasteiger partial charge is 0.309 e. The molecule has 496 valence electrons. The second-order valence-corrected chi connectivity index (χ2v) is 26.6. The molecule has 0 aliphatic carbocycles. The first-order valence-electron chi connectivity index (χ1n) is 35.7. The molecule has 0 aliphatic heterocycles. The molecule has 21 aromatic rings.